The zero-order valence-electron chi connectivity index (χ0n) is 9.54. The van der Waals surface area contributed by atoms with E-state index < -0.39 is 0 Å². The second-order valence-corrected chi connectivity index (χ2v) is 4.18. The maximum atomic E-state index is 11.9. The van der Waals surface area contributed by atoms with E-state index in [0.717, 1.165) is 5.56 Å². The van der Waals surface area contributed by atoms with Gasteiger partial charge in [-0.05, 0) is 11.6 Å². The molecule has 0 bridgehead atoms. The summed E-state index contributed by atoms with van der Waals surface area (Å²) in [6.07, 6.45) is 4.86. The van der Waals surface area contributed by atoms with Crippen molar-refractivity contribution >= 4 is 11.8 Å². The van der Waals surface area contributed by atoms with Gasteiger partial charge in [-0.3, -0.25) is 14.2 Å². The van der Waals surface area contributed by atoms with E-state index in [0.29, 0.717) is 5.56 Å². The van der Waals surface area contributed by atoms with Crippen LogP contribution in [-0.4, -0.2) is 21.4 Å². The molecule has 1 atom stereocenters. The van der Waals surface area contributed by atoms with Crippen molar-refractivity contribution in [3.8, 4) is 0 Å². The average Bonchev–Trinajstić information content (AvgIpc) is 3.00. The average molecular weight is 241 g/mol. The molecule has 1 aliphatic rings. The Morgan fingerprint density at radius 2 is 2.22 bits per heavy atom. The first-order valence-corrected chi connectivity index (χ1v) is 5.66. The molecule has 5 heteroatoms. The van der Waals surface area contributed by atoms with Crippen LogP contribution in [0.1, 0.15) is 33.2 Å². The van der Waals surface area contributed by atoms with E-state index in [4.69, 9.17) is 0 Å². The minimum atomic E-state index is -0.247. The van der Waals surface area contributed by atoms with Crippen molar-refractivity contribution in [2.75, 3.05) is 0 Å². The van der Waals surface area contributed by atoms with Gasteiger partial charge in [-0.15, -0.1) is 0 Å². The number of imidazole rings is 1. The number of amides is 1. The van der Waals surface area contributed by atoms with Gasteiger partial charge in [0.1, 0.15) is 6.33 Å². The Morgan fingerprint density at radius 3 is 3.00 bits per heavy atom. The maximum Gasteiger partial charge on any atom is 0.252 e. The fourth-order valence-corrected chi connectivity index (χ4v) is 2.17. The molecule has 1 unspecified atom stereocenters. The second kappa shape index (κ2) is 4.10. The van der Waals surface area contributed by atoms with Crippen LogP contribution >= 0.6 is 0 Å². The third-order valence-corrected chi connectivity index (χ3v) is 3.06. The van der Waals surface area contributed by atoms with E-state index in [1.54, 1.807) is 18.5 Å². The Morgan fingerprint density at radius 1 is 1.39 bits per heavy atom. The number of aromatic nitrogens is 2. The molecule has 0 spiro atoms. The first-order chi connectivity index (χ1) is 8.75. The van der Waals surface area contributed by atoms with Gasteiger partial charge in [0.2, 0.25) is 5.91 Å². The molecule has 1 amide bonds. The van der Waals surface area contributed by atoms with Crippen LogP contribution in [0.5, 0.6) is 0 Å². The summed E-state index contributed by atoms with van der Waals surface area (Å²) in [5.41, 5.74) is 1.54. The summed E-state index contributed by atoms with van der Waals surface area (Å²) in [5, 5.41) is 2.82. The Labute approximate surface area is 103 Å². The normalized spacial score (nSPS) is 17.3. The highest BCUT2D eigenvalue weighted by Gasteiger charge is 2.29. The second-order valence-electron chi connectivity index (χ2n) is 4.18. The molecule has 0 saturated carbocycles. The molecule has 0 radical (unpaired) electrons. The van der Waals surface area contributed by atoms with Crippen LogP contribution in [0.25, 0.3) is 0 Å². The lowest BCUT2D eigenvalue weighted by atomic mass is 10.0. The predicted molar refractivity (Wildman–Crippen MR) is 64.1 cm³/mol. The molecule has 2 heterocycles. The topological polar surface area (TPSA) is 64.0 Å². The van der Waals surface area contributed by atoms with E-state index >= 15 is 0 Å². The minimum Gasteiger partial charge on any atom is -0.345 e. The lowest BCUT2D eigenvalue weighted by Gasteiger charge is -2.10. The van der Waals surface area contributed by atoms with Gasteiger partial charge in [-0.1, -0.05) is 18.2 Å². The lowest BCUT2D eigenvalue weighted by Crippen LogP contribution is -2.23. The standard InChI is InChI=1S/C13H11N3O2/c17-12(16-6-5-14-8-16)7-11-9-3-1-2-4-10(9)13(18)15-11/h1-6,8,11H,7H2,(H,15,18). The monoisotopic (exact) mass is 241 g/mol. The van der Waals surface area contributed by atoms with Crippen LogP contribution in [0.2, 0.25) is 0 Å². The highest BCUT2D eigenvalue weighted by molar-refractivity contribution is 5.99. The van der Waals surface area contributed by atoms with Crippen molar-refractivity contribution < 1.29 is 9.59 Å². The van der Waals surface area contributed by atoms with Crippen molar-refractivity contribution in [3.63, 3.8) is 0 Å². The SMILES string of the molecule is O=C1NC(CC(=O)n2ccnc2)c2ccccc21. The highest BCUT2D eigenvalue weighted by atomic mass is 16.2. The summed E-state index contributed by atoms with van der Waals surface area (Å²) in [5.74, 6) is -0.205. The fraction of sp³-hybridized carbons (Fsp3) is 0.154. The van der Waals surface area contributed by atoms with E-state index in [-0.39, 0.29) is 24.3 Å². The van der Waals surface area contributed by atoms with Gasteiger partial charge in [-0.2, -0.15) is 0 Å². The number of fused-ring (bicyclic) bond motifs is 1. The number of carbonyl (C=O) groups is 2. The van der Waals surface area contributed by atoms with Gasteiger partial charge < -0.3 is 5.32 Å². The minimum absolute atomic E-state index is 0.0884. The number of nitrogens with zero attached hydrogens (tertiary/aromatic N) is 2. The third kappa shape index (κ3) is 1.69. The molecule has 1 aliphatic heterocycles. The Bertz CT molecular complexity index is 604. The van der Waals surface area contributed by atoms with Crippen molar-refractivity contribution in [2.24, 2.45) is 0 Å². The van der Waals surface area contributed by atoms with E-state index in [9.17, 15) is 9.59 Å². The van der Waals surface area contributed by atoms with Gasteiger partial charge >= 0.3 is 0 Å². The van der Waals surface area contributed by atoms with Crippen LogP contribution in [-0.2, 0) is 0 Å². The highest BCUT2D eigenvalue weighted by Crippen LogP contribution is 2.27. The number of rotatable bonds is 2. The van der Waals surface area contributed by atoms with Crippen LogP contribution in [0, 0.1) is 0 Å². The van der Waals surface area contributed by atoms with Gasteiger partial charge in [0.25, 0.3) is 5.91 Å². The Balaban J connectivity index is 1.84. The molecule has 0 fully saturated rings. The van der Waals surface area contributed by atoms with E-state index in [1.165, 1.54) is 10.9 Å². The lowest BCUT2D eigenvalue weighted by molar-refractivity contribution is 0.0878. The van der Waals surface area contributed by atoms with Gasteiger partial charge in [0, 0.05) is 18.0 Å². The molecule has 90 valence electrons. The summed E-state index contributed by atoms with van der Waals surface area (Å²) >= 11 is 0. The van der Waals surface area contributed by atoms with E-state index in [2.05, 4.69) is 10.3 Å². The summed E-state index contributed by atoms with van der Waals surface area (Å²) in [7, 11) is 0. The summed E-state index contributed by atoms with van der Waals surface area (Å²) in [6.45, 7) is 0. The molecule has 1 N–H and O–H groups in total. The molecule has 0 aliphatic carbocycles. The fourth-order valence-electron chi connectivity index (χ4n) is 2.17. The zero-order valence-corrected chi connectivity index (χ0v) is 9.54. The first-order valence-electron chi connectivity index (χ1n) is 5.66. The molecule has 1 aromatic heterocycles. The summed E-state index contributed by atoms with van der Waals surface area (Å²) in [4.78, 5) is 27.5. The quantitative estimate of drug-likeness (QED) is 0.864. The number of benzene rings is 1. The zero-order chi connectivity index (χ0) is 12.5. The van der Waals surface area contributed by atoms with Crippen LogP contribution < -0.4 is 5.32 Å². The molecule has 0 saturated heterocycles. The molecular weight excluding hydrogens is 230 g/mol. The number of hydrogen-bond acceptors (Lipinski definition) is 3. The summed E-state index contributed by atoms with van der Waals surface area (Å²) < 4.78 is 1.42. The largest absolute Gasteiger partial charge is 0.345 e. The molecule has 5 nitrogen and oxygen atoms in total. The van der Waals surface area contributed by atoms with Crippen LogP contribution in [0.4, 0.5) is 0 Å². The van der Waals surface area contributed by atoms with Crippen LogP contribution in [0.3, 0.4) is 0 Å². The predicted octanol–water partition coefficient (Wildman–Crippen LogP) is 1.40. The molecule has 18 heavy (non-hydrogen) atoms. The number of hydrogen-bond donors (Lipinski definition) is 1. The first kappa shape index (κ1) is 10.7. The van der Waals surface area contributed by atoms with Crippen molar-refractivity contribution in [3.05, 3.63) is 54.1 Å². The number of carbonyl (C=O) groups excluding carboxylic acids is 2. The Kier molecular flexibility index (Phi) is 2.44. The molecule has 1 aromatic carbocycles. The Hall–Kier alpha value is -2.43. The van der Waals surface area contributed by atoms with Crippen molar-refractivity contribution in [1.82, 2.24) is 14.9 Å². The van der Waals surface area contributed by atoms with Gasteiger partial charge in [0.15, 0.2) is 0 Å². The van der Waals surface area contributed by atoms with Crippen molar-refractivity contribution in [1.29, 1.82) is 0 Å². The van der Waals surface area contributed by atoms with Crippen LogP contribution in [0.15, 0.2) is 43.0 Å². The van der Waals surface area contributed by atoms with Crippen molar-refractivity contribution in [2.45, 2.75) is 12.5 Å². The van der Waals surface area contributed by atoms with E-state index in [1.807, 2.05) is 18.2 Å². The van der Waals surface area contributed by atoms with Gasteiger partial charge in [0.05, 0.1) is 12.5 Å². The summed E-state index contributed by atoms with van der Waals surface area (Å²) in [6, 6.07) is 7.08. The maximum absolute atomic E-state index is 11.9. The third-order valence-electron chi connectivity index (χ3n) is 3.06. The van der Waals surface area contributed by atoms with Gasteiger partial charge in [-0.25, -0.2) is 4.98 Å². The molecule has 2 aromatic rings. The smallest absolute Gasteiger partial charge is 0.252 e. The molecular formula is C13H11N3O2. The molecule has 3 rings (SSSR count). The number of nitrogens with one attached hydrogen (secondary N) is 1.